The normalized spacial score (nSPS) is 10.7. The van der Waals surface area contributed by atoms with E-state index in [0.717, 1.165) is 18.2 Å². The molecule has 9 heteroatoms. The van der Waals surface area contributed by atoms with Crippen molar-refractivity contribution in [3.63, 3.8) is 0 Å². The fourth-order valence-electron chi connectivity index (χ4n) is 2.06. The number of nitrogens with one attached hydrogen (secondary N) is 1. The van der Waals surface area contributed by atoms with Crippen molar-refractivity contribution in [2.45, 2.75) is 0 Å². The lowest BCUT2D eigenvalue weighted by Gasteiger charge is -2.07. The number of amides is 1. The average Bonchev–Trinajstić information content (AvgIpc) is 2.60. The molecule has 0 aliphatic heterocycles. The van der Waals surface area contributed by atoms with Crippen LogP contribution < -0.4 is 5.32 Å². The molecule has 0 aromatic heterocycles. The zero-order chi connectivity index (χ0) is 19.3. The van der Waals surface area contributed by atoms with Crippen LogP contribution in [0.5, 0.6) is 5.75 Å². The number of hydrogen-bond donors (Lipinski definition) is 3. The Labute approximate surface area is 146 Å². The van der Waals surface area contributed by atoms with Gasteiger partial charge in [0.1, 0.15) is 11.6 Å². The third-order valence-electron chi connectivity index (χ3n) is 3.28. The number of carbonyl (C=O) groups excluding carboxylic acids is 1. The number of carbonyl (C=O) groups is 2. The zero-order valence-electron chi connectivity index (χ0n) is 13.0. The summed E-state index contributed by atoms with van der Waals surface area (Å²) < 4.78 is 0. The molecular weight excluding hydrogens is 342 g/mol. The number of anilines is 1. The number of aromatic hydroxyl groups is 1. The highest BCUT2D eigenvalue weighted by Crippen LogP contribution is 2.27. The second kappa shape index (κ2) is 7.59. The summed E-state index contributed by atoms with van der Waals surface area (Å²) in [6, 6.07) is 10.7. The molecule has 2 aromatic carbocycles. The van der Waals surface area contributed by atoms with E-state index in [-0.39, 0.29) is 16.8 Å². The van der Waals surface area contributed by atoms with Crippen LogP contribution in [-0.2, 0) is 4.79 Å². The molecule has 3 N–H and O–H groups in total. The summed E-state index contributed by atoms with van der Waals surface area (Å²) in [6.45, 7) is 0. The van der Waals surface area contributed by atoms with Gasteiger partial charge in [0.05, 0.1) is 16.2 Å². The molecule has 1 amide bonds. The number of aromatic carboxylic acids is 1. The first-order valence-electron chi connectivity index (χ1n) is 7.06. The average molecular weight is 353 g/mol. The molecule has 0 saturated heterocycles. The van der Waals surface area contributed by atoms with E-state index in [1.165, 1.54) is 30.3 Å². The summed E-state index contributed by atoms with van der Waals surface area (Å²) in [5, 5.41) is 40.8. The lowest BCUT2D eigenvalue weighted by Crippen LogP contribution is -2.16. The van der Waals surface area contributed by atoms with Gasteiger partial charge in [0, 0.05) is 6.07 Å². The van der Waals surface area contributed by atoms with Crippen molar-refractivity contribution in [3.05, 3.63) is 69.3 Å². The molecule has 9 nitrogen and oxygen atoms in total. The lowest BCUT2D eigenvalue weighted by molar-refractivity contribution is -0.385. The second-order valence-electron chi connectivity index (χ2n) is 4.98. The maximum atomic E-state index is 12.2. The Morgan fingerprint density at radius 2 is 1.92 bits per heavy atom. The molecule has 0 unspecified atom stereocenters. The quantitative estimate of drug-likeness (QED) is 0.323. The number of nitro benzene ring substituents is 1. The first-order chi connectivity index (χ1) is 12.3. The smallest absolute Gasteiger partial charge is 0.337 e. The minimum atomic E-state index is -1.25. The highest BCUT2D eigenvalue weighted by atomic mass is 16.6. The number of nitro groups is 1. The zero-order valence-corrected chi connectivity index (χ0v) is 13.0. The number of nitrogens with zero attached hydrogens (tertiary/aromatic N) is 2. The summed E-state index contributed by atoms with van der Waals surface area (Å²) in [6.07, 6.45) is 1.09. The van der Waals surface area contributed by atoms with E-state index in [0.29, 0.717) is 0 Å². The number of benzene rings is 2. The van der Waals surface area contributed by atoms with Gasteiger partial charge in [-0.1, -0.05) is 18.2 Å². The third kappa shape index (κ3) is 4.01. The molecule has 26 heavy (non-hydrogen) atoms. The van der Waals surface area contributed by atoms with Gasteiger partial charge in [-0.05, 0) is 29.8 Å². The molecular formula is C17H11N3O6. The SMILES string of the molecule is N#C/C(=C\c1ccc(O)c([N+](=O)[O-])c1)C(=O)Nc1ccccc1C(=O)O. The summed E-state index contributed by atoms with van der Waals surface area (Å²) in [5.74, 6) is -2.68. The molecule has 0 fully saturated rings. The monoisotopic (exact) mass is 353 g/mol. The Morgan fingerprint density at radius 1 is 1.23 bits per heavy atom. The van der Waals surface area contributed by atoms with Gasteiger partial charge in [-0.2, -0.15) is 5.26 Å². The molecule has 0 aliphatic carbocycles. The number of phenolic OH excluding ortho intramolecular Hbond substituents is 1. The van der Waals surface area contributed by atoms with E-state index < -0.39 is 33.8 Å². The number of phenols is 1. The van der Waals surface area contributed by atoms with Crippen LogP contribution in [-0.4, -0.2) is 27.0 Å². The van der Waals surface area contributed by atoms with E-state index in [2.05, 4.69) is 5.32 Å². The standard InChI is InChI=1S/C17H11N3O6/c18-9-11(7-10-5-6-15(21)14(8-10)20(25)26)16(22)19-13-4-2-1-3-12(13)17(23)24/h1-8,21H,(H,19,22)(H,23,24)/b11-7+. The van der Waals surface area contributed by atoms with Gasteiger partial charge in [-0.15, -0.1) is 0 Å². The van der Waals surface area contributed by atoms with E-state index in [9.17, 15) is 24.8 Å². The van der Waals surface area contributed by atoms with Crippen molar-refractivity contribution in [2.24, 2.45) is 0 Å². The Kier molecular flexibility index (Phi) is 5.30. The Hall–Kier alpha value is -4.19. The number of carboxylic acids is 1. The number of para-hydroxylation sites is 1. The molecule has 0 heterocycles. The highest BCUT2D eigenvalue weighted by molar-refractivity contribution is 6.11. The molecule has 0 saturated carbocycles. The summed E-state index contributed by atoms with van der Waals surface area (Å²) in [4.78, 5) is 33.4. The minimum absolute atomic E-state index is 0.00263. The third-order valence-corrected chi connectivity index (χ3v) is 3.28. The van der Waals surface area contributed by atoms with Crippen LogP contribution in [0.2, 0.25) is 0 Å². The van der Waals surface area contributed by atoms with Crippen molar-refractivity contribution >= 4 is 29.3 Å². The van der Waals surface area contributed by atoms with E-state index in [1.807, 2.05) is 0 Å². The van der Waals surface area contributed by atoms with Crippen molar-refractivity contribution in [1.82, 2.24) is 0 Å². The van der Waals surface area contributed by atoms with Gasteiger partial charge in [0.2, 0.25) is 0 Å². The van der Waals surface area contributed by atoms with Gasteiger partial charge in [0.25, 0.3) is 5.91 Å². The number of hydrogen-bond acceptors (Lipinski definition) is 6. The number of rotatable bonds is 5. The van der Waals surface area contributed by atoms with Crippen molar-refractivity contribution < 1.29 is 24.7 Å². The Balaban J connectivity index is 2.34. The molecule has 0 radical (unpaired) electrons. The molecule has 2 rings (SSSR count). The first-order valence-corrected chi connectivity index (χ1v) is 7.06. The van der Waals surface area contributed by atoms with Crippen LogP contribution in [0, 0.1) is 21.4 Å². The van der Waals surface area contributed by atoms with Crippen molar-refractivity contribution in [3.8, 4) is 11.8 Å². The topological polar surface area (TPSA) is 154 Å². The number of nitriles is 1. The fourth-order valence-corrected chi connectivity index (χ4v) is 2.06. The van der Waals surface area contributed by atoms with E-state index in [1.54, 1.807) is 6.07 Å². The van der Waals surface area contributed by atoms with Crippen LogP contribution >= 0.6 is 0 Å². The van der Waals surface area contributed by atoms with Crippen LogP contribution in [0.25, 0.3) is 6.08 Å². The van der Waals surface area contributed by atoms with Crippen LogP contribution in [0.4, 0.5) is 11.4 Å². The summed E-state index contributed by atoms with van der Waals surface area (Å²) in [5.41, 5.74) is -0.980. The van der Waals surface area contributed by atoms with Crippen molar-refractivity contribution in [1.29, 1.82) is 5.26 Å². The minimum Gasteiger partial charge on any atom is -0.502 e. The molecule has 0 bridgehead atoms. The fraction of sp³-hybridized carbons (Fsp3) is 0. The van der Waals surface area contributed by atoms with Crippen LogP contribution in [0.3, 0.4) is 0 Å². The Morgan fingerprint density at radius 3 is 2.54 bits per heavy atom. The van der Waals surface area contributed by atoms with Gasteiger partial charge < -0.3 is 15.5 Å². The molecule has 0 spiro atoms. The molecule has 130 valence electrons. The van der Waals surface area contributed by atoms with E-state index in [4.69, 9.17) is 10.4 Å². The maximum absolute atomic E-state index is 12.2. The predicted molar refractivity (Wildman–Crippen MR) is 90.4 cm³/mol. The number of carboxylic acid groups (broad SMARTS) is 1. The summed E-state index contributed by atoms with van der Waals surface area (Å²) >= 11 is 0. The van der Waals surface area contributed by atoms with Crippen molar-refractivity contribution in [2.75, 3.05) is 5.32 Å². The van der Waals surface area contributed by atoms with Gasteiger partial charge in [-0.3, -0.25) is 14.9 Å². The van der Waals surface area contributed by atoms with Crippen LogP contribution in [0.15, 0.2) is 48.0 Å². The first kappa shape index (κ1) is 18.2. The van der Waals surface area contributed by atoms with Crippen LogP contribution in [0.1, 0.15) is 15.9 Å². The largest absolute Gasteiger partial charge is 0.502 e. The molecule has 0 aliphatic rings. The second-order valence-corrected chi connectivity index (χ2v) is 4.98. The van der Waals surface area contributed by atoms with Gasteiger partial charge >= 0.3 is 11.7 Å². The maximum Gasteiger partial charge on any atom is 0.337 e. The molecule has 0 atom stereocenters. The molecule has 2 aromatic rings. The Bertz CT molecular complexity index is 975. The summed E-state index contributed by atoms with van der Waals surface area (Å²) in [7, 11) is 0. The van der Waals surface area contributed by atoms with E-state index >= 15 is 0 Å². The highest BCUT2D eigenvalue weighted by Gasteiger charge is 2.17. The van der Waals surface area contributed by atoms with Gasteiger partial charge in [-0.25, -0.2) is 4.79 Å². The lowest BCUT2D eigenvalue weighted by atomic mass is 10.1. The predicted octanol–water partition coefficient (Wildman–Crippen LogP) is 2.54. The van der Waals surface area contributed by atoms with Gasteiger partial charge in [0.15, 0.2) is 5.75 Å².